The van der Waals surface area contributed by atoms with Gasteiger partial charge in [0, 0.05) is 32.2 Å². The average molecular weight is 426 g/mol. The largest absolute Gasteiger partial charge is 0.396 e. The Morgan fingerprint density at radius 1 is 1.23 bits per heavy atom. The van der Waals surface area contributed by atoms with Gasteiger partial charge in [-0.1, -0.05) is 13.3 Å². The molecule has 4 rings (SSSR count). The number of hydrazine groups is 1. The van der Waals surface area contributed by atoms with Crippen LogP contribution in [-0.2, 0) is 0 Å². The number of nitrogens with one attached hydrogen (secondary N) is 3. The van der Waals surface area contributed by atoms with Gasteiger partial charge in [0.05, 0.1) is 17.0 Å². The van der Waals surface area contributed by atoms with Gasteiger partial charge >= 0.3 is 0 Å². The molecule has 4 fully saturated rings. The van der Waals surface area contributed by atoms with Crippen LogP contribution in [0.5, 0.6) is 0 Å². The van der Waals surface area contributed by atoms with Gasteiger partial charge in [0.25, 0.3) is 0 Å². The van der Waals surface area contributed by atoms with Crippen molar-refractivity contribution in [1.82, 2.24) is 25.9 Å². The standard InChI is InChI=1S/C21H41N6O3/c1-2-16-14-26(30)27-18(22-12-15-6-7-20(29)23-13-15)11-19(24-21(16)27)25-9-4-3-5-17(25)8-10-28/h15-24,28-29H,2-14H2,1H3/q+1/t15?,16?,17-,18?,19?,20?,21?/m0/s1. The van der Waals surface area contributed by atoms with Crippen molar-refractivity contribution in [3.63, 3.8) is 0 Å². The van der Waals surface area contributed by atoms with E-state index in [4.69, 9.17) is 0 Å². The predicted molar refractivity (Wildman–Crippen MR) is 114 cm³/mol. The number of piperidine rings is 2. The van der Waals surface area contributed by atoms with Gasteiger partial charge in [0.15, 0.2) is 6.17 Å². The van der Waals surface area contributed by atoms with E-state index < -0.39 is 0 Å². The number of fused-ring (bicyclic) bond motifs is 1. The molecule has 0 aromatic heterocycles. The van der Waals surface area contributed by atoms with Gasteiger partial charge in [-0.3, -0.25) is 20.9 Å². The van der Waals surface area contributed by atoms with Gasteiger partial charge in [-0.2, -0.15) is 0 Å². The molecule has 4 aliphatic rings. The van der Waals surface area contributed by atoms with E-state index >= 15 is 0 Å². The van der Waals surface area contributed by atoms with Gasteiger partial charge in [-0.05, 0) is 51.0 Å². The van der Waals surface area contributed by atoms with E-state index in [0.29, 0.717) is 24.4 Å². The fraction of sp³-hybridized carbons (Fsp3) is 1.00. The minimum atomic E-state index is -0.377. The molecule has 4 saturated heterocycles. The summed E-state index contributed by atoms with van der Waals surface area (Å²) in [6.45, 7) is 5.68. The van der Waals surface area contributed by atoms with Gasteiger partial charge < -0.3 is 10.2 Å². The molecule has 0 amide bonds. The van der Waals surface area contributed by atoms with E-state index in [1.54, 1.807) is 0 Å². The maximum Gasteiger partial charge on any atom is 0.231 e. The van der Waals surface area contributed by atoms with Crippen LogP contribution in [-0.4, -0.2) is 88.5 Å². The number of aliphatic hydroxyl groups is 2. The highest BCUT2D eigenvalue weighted by molar-refractivity contribution is 4.93. The highest BCUT2D eigenvalue weighted by atomic mass is 16.3. The Hall–Kier alpha value is -0.840. The Bertz CT molecular complexity index is 571. The zero-order valence-electron chi connectivity index (χ0n) is 18.4. The number of rotatable bonds is 7. The van der Waals surface area contributed by atoms with Crippen LogP contribution in [0.15, 0.2) is 0 Å². The van der Waals surface area contributed by atoms with Crippen LogP contribution in [0.4, 0.5) is 0 Å². The third-order valence-corrected chi connectivity index (χ3v) is 7.70. The Morgan fingerprint density at radius 2 is 2.10 bits per heavy atom. The molecule has 0 spiro atoms. The van der Waals surface area contributed by atoms with E-state index in [0.717, 1.165) is 58.2 Å². The average Bonchev–Trinajstić information content (AvgIpc) is 3.09. The van der Waals surface area contributed by atoms with Crippen LogP contribution in [0.2, 0.25) is 0 Å². The first kappa shape index (κ1) is 22.4. The van der Waals surface area contributed by atoms with Crippen molar-refractivity contribution in [2.45, 2.75) is 89.1 Å². The maximum absolute atomic E-state index is 12.8. The number of nitroso groups, excluding NO2 is 1. The predicted octanol–water partition coefficient (Wildman–Crippen LogP) is 0.138. The SMILES string of the molecule is CCC1C[N+](=O)N2C(NCC3CCC(O)NC3)CC(N3CCCC[C@H]3CCO)NC12. The van der Waals surface area contributed by atoms with Crippen LogP contribution in [0.1, 0.15) is 58.3 Å². The summed E-state index contributed by atoms with van der Waals surface area (Å²) in [6.07, 6.45) is 7.96. The summed E-state index contributed by atoms with van der Waals surface area (Å²) in [5, 5.41) is 31.9. The lowest BCUT2D eigenvalue weighted by Crippen LogP contribution is -2.69. The molecule has 0 bridgehead atoms. The molecule has 30 heavy (non-hydrogen) atoms. The van der Waals surface area contributed by atoms with Crippen LogP contribution in [0.25, 0.3) is 0 Å². The van der Waals surface area contributed by atoms with E-state index in [-0.39, 0.29) is 31.3 Å². The van der Waals surface area contributed by atoms with Gasteiger partial charge in [0.2, 0.25) is 6.54 Å². The molecule has 6 unspecified atom stereocenters. The minimum absolute atomic E-state index is 0.0128. The van der Waals surface area contributed by atoms with E-state index in [1.807, 2.05) is 5.01 Å². The van der Waals surface area contributed by atoms with Gasteiger partial charge in [-0.25, -0.2) is 0 Å². The molecular formula is C21H41N6O3+. The van der Waals surface area contributed by atoms with Crippen molar-refractivity contribution in [3.8, 4) is 0 Å². The highest BCUT2D eigenvalue weighted by Gasteiger charge is 2.54. The lowest BCUT2D eigenvalue weighted by molar-refractivity contribution is -0.703. The zero-order chi connectivity index (χ0) is 21.1. The first-order valence-electron chi connectivity index (χ1n) is 12.1. The second-order valence-corrected chi connectivity index (χ2v) is 9.64. The molecule has 172 valence electrons. The van der Waals surface area contributed by atoms with E-state index in [1.165, 1.54) is 17.7 Å². The number of nitrogens with zero attached hydrogens (tertiary/aromatic N) is 3. The molecule has 0 aromatic carbocycles. The Kier molecular flexibility index (Phi) is 7.59. The second-order valence-electron chi connectivity index (χ2n) is 9.64. The lowest BCUT2D eigenvalue weighted by atomic mass is 9.95. The van der Waals surface area contributed by atoms with Crippen LogP contribution in [0, 0.1) is 16.7 Å². The van der Waals surface area contributed by atoms with Crippen molar-refractivity contribution in [2.75, 3.05) is 32.8 Å². The zero-order valence-corrected chi connectivity index (χ0v) is 18.4. The van der Waals surface area contributed by atoms with Gasteiger partial charge in [0.1, 0.15) is 17.3 Å². The quantitative estimate of drug-likeness (QED) is 0.367. The second kappa shape index (κ2) is 10.2. The van der Waals surface area contributed by atoms with Crippen molar-refractivity contribution >= 4 is 0 Å². The monoisotopic (exact) mass is 425 g/mol. The molecule has 7 atom stereocenters. The number of hydrogen-bond donors (Lipinski definition) is 5. The number of likely N-dealkylation sites (tertiary alicyclic amines) is 1. The molecule has 9 heteroatoms. The normalized spacial score (nSPS) is 40.6. The van der Waals surface area contributed by atoms with E-state index in [9.17, 15) is 15.1 Å². The van der Waals surface area contributed by atoms with Crippen LogP contribution < -0.4 is 16.0 Å². The maximum atomic E-state index is 12.8. The molecule has 0 radical (unpaired) electrons. The summed E-state index contributed by atoms with van der Waals surface area (Å²) in [4.78, 5) is 16.5. The van der Waals surface area contributed by atoms with Crippen LogP contribution in [0.3, 0.4) is 0 Å². The lowest BCUT2D eigenvalue weighted by Gasteiger charge is -2.47. The minimum Gasteiger partial charge on any atom is -0.396 e. The molecule has 0 saturated carbocycles. The topological polar surface area (TPSA) is 103 Å². The first-order chi connectivity index (χ1) is 14.6. The summed E-state index contributed by atoms with van der Waals surface area (Å²) in [5.74, 6) is 0.796. The summed E-state index contributed by atoms with van der Waals surface area (Å²) in [6, 6.07) is 0.419. The Balaban J connectivity index is 1.46. The smallest absolute Gasteiger partial charge is 0.231 e. The summed E-state index contributed by atoms with van der Waals surface area (Å²) >= 11 is 0. The highest BCUT2D eigenvalue weighted by Crippen LogP contribution is 2.32. The third-order valence-electron chi connectivity index (χ3n) is 7.70. The molecule has 9 nitrogen and oxygen atoms in total. The van der Waals surface area contributed by atoms with Crippen molar-refractivity contribution in [3.05, 3.63) is 4.91 Å². The molecule has 4 aliphatic heterocycles. The molecule has 4 heterocycles. The van der Waals surface area contributed by atoms with Gasteiger partial charge in [-0.15, -0.1) is 5.01 Å². The fourth-order valence-corrected chi connectivity index (χ4v) is 5.93. The Morgan fingerprint density at radius 3 is 2.83 bits per heavy atom. The summed E-state index contributed by atoms with van der Waals surface area (Å²) < 4.78 is 0. The summed E-state index contributed by atoms with van der Waals surface area (Å²) in [7, 11) is 0. The van der Waals surface area contributed by atoms with E-state index in [2.05, 4.69) is 27.8 Å². The van der Waals surface area contributed by atoms with Crippen molar-refractivity contribution in [2.24, 2.45) is 11.8 Å². The first-order valence-corrected chi connectivity index (χ1v) is 12.1. The molecular weight excluding hydrogens is 384 g/mol. The third kappa shape index (κ3) is 4.81. The number of hydrogen-bond acceptors (Lipinski definition) is 7. The number of aliphatic hydroxyl groups excluding tert-OH is 2. The Labute approximate surface area is 180 Å². The molecule has 0 aromatic rings. The fourth-order valence-electron chi connectivity index (χ4n) is 5.93. The van der Waals surface area contributed by atoms with Crippen molar-refractivity contribution in [1.29, 1.82) is 0 Å². The molecule has 0 aliphatic carbocycles. The molecule has 5 N–H and O–H groups in total. The van der Waals surface area contributed by atoms with Crippen molar-refractivity contribution < 1.29 is 15.1 Å². The van der Waals surface area contributed by atoms with Crippen LogP contribution >= 0.6 is 0 Å². The summed E-state index contributed by atoms with van der Waals surface area (Å²) in [5.41, 5.74) is 0.